The molecule has 0 aliphatic carbocycles. The molecular weight excluding hydrogens is 340 g/mol. The van der Waals surface area contributed by atoms with Crippen LogP contribution in [0.2, 0.25) is 0 Å². The third-order valence-corrected chi connectivity index (χ3v) is 6.35. The molecule has 1 aromatic carbocycles. The molecule has 2 aromatic rings. The van der Waals surface area contributed by atoms with E-state index < -0.39 is 10.0 Å². The van der Waals surface area contributed by atoms with Gasteiger partial charge in [0, 0.05) is 11.4 Å². The highest BCUT2D eigenvalue weighted by Gasteiger charge is 2.21. The van der Waals surface area contributed by atoms with Gasteiger partial charge in [0.15, 0.2) is 0 Å². The number of aryl methyl sites for hydroxylation is 1. The Hall–Kier alpha value is -1.21. The van der Waals surface area contributed by atoms with Crippen LogP contribution in [0.4, 0.5) is 0 Å². The van der Waals surface area contributed by atoms with Crippen LogP contribution in [0.5, 0.6) is 0 Å². The Morgan fingerprint density at radius 2 is 1.92 bits per heavy atom. The molecule has 0 aliphatic heterocycles. The molecule has 0 aliphatic rings. The van der Waals surface area contributed by atoms with E-state index in [4.69, 9.17) is 0 Å². The van der Waals surface area contributed by atoms with Gasteiger partial charge in [0.05, 0.1) is 11.8 Å². The molecule has 0 fully saturated rings. The topological polar surface area (TPSA) is 49.4 Å². The first-order chi connectivity index (χ1) is 11.4. The molecule has 1 aromatic heterocycles. The molecule has 1 unspecified atom stereocenters. The maximum atomic E-state index is 12.5. The Morgan fingerprint density at radius 1 is 1.17 bits per heavy atom. The van der Waals surface area contributed by atoms with Crippen molar-refractivity contribution in [1.29, 1.82) is 0 Å². The van der Waals surface area contributed by atoms with Crippen LogP contribution in [-0.4, -0.2) is 33.0 Å². The van der Waals surface area contributed by atoms with E-state index in [1.165, 1.54) is 4.88 Å². The van der Waals surface area contributed by atoms with E-state index in [9.17, 15) is 8.42 Å². The lowest BCUT2D eigenvalue weighted by Gasteiger charge is -2.29. The molecule has 0 amide bonds. The number of nitrogens with one attached hydrogen (secondary N) is 1. The number of rotatable bonds is 9. The molecule has 6 heteroatoms. The van der Waals surface area contributed by atoms with Gasteiger partial charge in [-0.2, -0.15) is 0 Å². The third kappa shape index (κ3) is 5.41. The van der Waals surface area contributed by atoms with Crippen LogP contribution in [0.15, 0.2) is 41.8 Å². The van der Waals surface area contributed by atoms with E-state index in [0.717, 1.165) is 24.2 Å². The Morgan fingerprint density at radius 3 is 2.50 bits per heavy atom. The van der Waals surface area contributed by atoms with Crippen molar-refractivity contribution in [1.82, 2.24) is 9.62 Å². The van der Waals surface area contributed by atoms with E-state index in [2.05, 4.69) is 29.5 Å². The second-order valence-corrected chi connectivity index (χ2v) is 8.64. The fourth-order valence-corrected chi connectivity index (χ4v) is 4.83. The van der Waals surface area contributed by atoms with Gasteiger partial charge in [-0.3, -0.25) is 4.90 Å². The Bertz CT molecular complexity index is 723. The maximum absolute atomic E-state index is 12.5. The summed E-state index contributed by atoms with van der Waals surface area (Å²) in [4.78, 5) is 3.47. The highest BCUT2D eigenvalue weighted by molar-refractivity contribution is 7.88. The van der Waals surface area contributed by atoms with Crippen molar-refractivity contribution in [3.63, 3.8) is 0 Å². The lowest BCUT2D eigenvalue weighted by atomic mass is 10.2. The predicted octanol–water partition coefficient (Wildman–Crippen LogP) is 3.56. The number of hydrogen-bond donors (Lipinski definition) is 1. The van der Waals surface area contributed by atoms with Crippen LogP contribution in [-0.2, 0) is 15.8 Å². The second-order valence-electron chi connectivity index (χ2n) is 5.85. The minimum atomic E-state index is -3.36. The first-order valence-electron chi connectivity index (χ1n) is 8.25. The summed E-state index contributed by atoms with van der Waals surface area (Å²) in [5.41, 5.74) is 1.89. The lowest BCUT2D eigenvalue weighted by Crippen LogP contribution is -2.38. The Kier molecular flexibility index (Phi) is 6.98. The average Bonchev–Trinajstić information content (AvgIpc) is 3.05. The highest BCUT2D eigenvalue weighted by Crippen LogP contribution is 2.24. The van der Waals surface area contributed by atoms with Gasteiger partial charge in [-0.15, -0.1) is 11.3 Å². The number of likely N-dealkylation sites (N-methyl/N-ethyl adjacent to an activating group) is 1. The summed E-state index contributed by atoms with van der Waals surface area (Å²) in [7, 11) is -3.36. The zero-order valence-corrected chi connectivity index (χ0v) is 16.2. The second kappa shape index (κ2) is 8.76. The first-order valence-corrected chi connectivity index (χ1v) is 10.8. The molecule has 0 radical (unpaired) electrons. The normalized spacial score (nSPS) is 13.3. The fourth-order valence-electron chi connectivity index (χ4n) is 2.83. The number of nitrogens with zero attached hydrogens (tertiary/aromatic N) is 1. The van der Waals surface area contributed by atoms with Crippen molar-refractivity contribution in [2.24, 2.45) is 0 Å². The smallest absolute Gasteiger partial charge is 0.215 e. The molecule has 1 atom stereocenters. The molecule has 1 N–H and O–H groups in total. The lowest BCUT2D eigenvalue weighted by molar-refractivity contribution is 0.223. The first kappa shape index (κ1) is 19.1. The maximum Gasteiger partial charge on any atom is 0.215 e. The fraction of sp³-hybridized carbons (Fsp3) is 0.444. The Balaban J connectivity index is 2.07. The van der Waals surface area contributed by atoms with Crippen LogP contribution in [0, 0.1) is 6.92 Å². The molecule has 2 rings (SSSR count). The third-order valence-electron chi connectivity index (χ3n) is 4.06. The number of hydrogen-bond acceptors (Lipinski definition) is 4. The summed E-state index contributed by atoms with van der Waals surface area (Å²) < 4.78 is 27.7. The molecule has 0 saturated heterocycles. The monoisotopic (exact) mass is 366 g/mol. The van der Waals surface area contributed by atoms with Gasteiger partial charge in [0.1, 0.15) is 0 Å². The van der Waals surface area contributed by atoms with Crippen molar-refractivity contribution < 1.29 is 8.42 Å². The molecule has 0 spiro atoms. The van der Waals surface area contributed by atoms with Gasteiger partial charge < -0.3 is 0 Å². The van der Waals surface area contributed by atoms with Crippen LogP contribution < -0.4 is 4.72 Å². The molecule has 132 valence electrons. The van der Waals surface area contributed by atoms with Crippen LogP contribution >= 0.6 is 11.3 Å². The van der Waals surface area contributed by atoms with E-state index in [1.54, 1.807) is 11.3 Å². The number of thiophene rings is 1. The van der Waals surface area contributed by atoms with E-state index in [0.29, 0.717) is 6.54 Å². The summed E-state index contributed by atoms with van der Waals surface area (Å²) in [5.74, 6) is 0.0179. The zero-order valence-electron chi connectivity index (χ0n) is 14.5. The van der Waals surface area contributed by atoms with Crippen molar-refractivity contribution in [3.8, 4) is 0 Å². The summed E-state index contributed by atoms with van der Waals surface area (Å²) in [5, 5.41) is 2.03. The molecule has 0 saturated carbocycles. The molecule has 0 bridgehead atoms. The van der Waals surface area contributed by atoms with Crippen molar-refractivity contribution >= 4 is 21.4 Å². The zero-order chi connectivity index (χ0) is 17.6. The SMILES string of the molecule is CCN(CC)C(CNS(=O)(=O)Cc1cccc(C)c1)c1cccs1. The number of benzene rings is 1. The van der Waals surface area contributed by atoms with Crippen molar-refractivity contribution in [2.75, 3.05) is 19.6 Å². The summed E-state index contributed by atoms with van der Waals surface area (Å²) in [6.07, 6.45) is 0. The van der Waals surface area contributed by atoms with Gasteiger partial charge in [0.2, 0.25) is 10.0 Å². The summed E-state index contributed by atoms with van der Waals surface area (Å²) in [6.45, 7) is 8.35. The highest BCUT2D eigenvalue weighted by atomic mass is 32.2. The molecule has 4 nitrogen and oxygen atoms in total. The largest absolute Gasteiger partial charge is 0.295 e. The average molecular weight is 367 g/mol. The van der Waals surface area contributed by atoms with Crippen molar-refractivity contribution in [2.45, 2.75) is 32.6 Å². The van der Waals surface area contributed by atoms with E-state index in [1.807, 2.05) is 42.6 Å². The van der Waals surface area contributed by atoms with Gasteiger partial charge in [0.25, 0.3) is 0 Å². The van der Waals surface area contributed by atoms with Gasteiger partial charge >= 0.3 is 0 Å². The van der Waals surface area contributed by atoms with Crippen LogP contribution in [0.3, 0.4) is 0 Å². The summed E-state index contributed by atoms with van der Waals surface area (Å²) in [6, 6.07) is 11.8. The van der Waals surface area contributed by atoms with E-state index in [-0.39, 0.29) is 11.8 Å². The van der Waals surface area contributed by atoms with Crippen LogP contribution in [0.1, 0.15) is 35.9 Å². The van der Waals surface area contributed by atoms with E-state index >= 15 is 0 Å². The molecule has 1 heterocycles. The predicted molar refractivity (Wildman–Crippen MR) is 102 cm³/mol. The molecule has 24 heavy (non-hydrogen) atoms. The van der Waals surface area contributed by atoms with Crippen LogP contribution in [0.25, 0.3) is 0 Å². The minimum Gasteiger partial charge on any atom is -0.295 e. The quantitative estimate of drug-likeness (QED) is 0.738. The number of sulfonamides is 1. The summed E-state index contributed by atoms with van der Waals surface area (Å²) >= 11 is 1.67. The minimum absolute atomic E-state index is 0.0179. The molecular formula is C18H26N2O2S2. The standard InChI is InChI=1S/C18H26N2O2S2/c1-4-20(5-2)17(18-10-7-11-23-18)13-19-24(21,22)14-16-9-6-8-15(3)12-16/h6-12,17,19H,4-5,13-14H2,1-3H3. The van der Waals surface area contributed by atoms with Gasteiger partial charge in [-0.1, -0.05) is 49.7 Å². The Labute approximate surface area is 149 Å². The van der Waals surface area contributed by atoms with Crippen molar-refractivity contribution in [3.05, 3.63) is 57.8 Å². The van der Waals surface area contributed by atoms with Gasteiger partial charge in [-0.05, 0) is 37.0 Å². The van der Waals surface area contributed by atoms with Gasteiger partial charge in [-0.25, -0.2) is 13.1 Å².